The van der Waals surface area contributed by atoms with Crippen molar-refractivity contribution >= 4 is 5.91 Å². The van der Waals surface area contributed by atoms with Crippen LogP contribution in [0.1, 0.15) is 32.0 Å². The molecule has 0 unspecified atom stereocenters. The summed E-state index contributed by atoms with van der Waals surface area (Å²) in [6, 6.07) is 5.96. The Morgan fingerprint density at radius 1 is 1.29 bits per heavy atom. The summed E-state index contributed by atoms with van der Waals surface area (Å²) in [5, 5.41) is 4.22. The number of halogens is 1. The molecule has 8 heteroatoms. The van der Waals surface area contributed by atoms with Gasteiger partial charge in [0, 0.05) is 44.4 Å². The summed E-state index contributed by atoms with van der Waals surface area (Å²) in [5.41, 5.74) is 0.353. The van der Waals surface area contributed by atoms with Crippen LogP contribution in [0.3, 0.4) is 0 Å². The Balaban J connectivity index is 1.76. The van der Waals surface area contributed by atoms with E-state index < -0.39 is 0 Å². The Morgan fingerprint density at radius 2 is 2.00 bits per heavy atom. The van der Waals surface area contributed by atoms with Crippen LogP contribution in [0.25, 0.3) is 11.5 Å². The summed E-state index contributed by atoms with van der Waals surface area (Å²) >= 11 is 0. The molecule has 152 valence electrons. The van der Waals surface area contributed by atoms with E-state index in [-0.39, 0.29) is 23.7 Å². The zero-order chi connectivity index (χ0) is 20.0. The molecule has 0 aliphatic carbocycles. The molecule has 1 saturated heterocycles. The van der Waals surface area contributed by atoms with E-state index >= 15 is 0 Å². The lowest BCUT2D eigenvalue weighted by atomic mass is 9.75. The van der Waals surface area contributed by atoms with Crippen LogP contribution < -0.4 is 0 Å². The van der Waals surface area contributed by atoms with Crippen LogP contribution in [0.4, 0.5) is 4.39 Å². The van der Waals surface area contributed by atoms with E-state index in [0.29, 0.717) is 43.6 Å². The van der Waals surface area contributed by atoms with E-state index in [2.05, 4.69) is 10.1 Å². The number of piperidine rings is 1. The Labute approximate surface area is 163 Å². The first-order valence-electron chi connectivity index (χ1n) is 9.52. The van der Waals surface area contributed by atoms with Gasteiger partial charge in [0.15, 0.2) is 5.82 Å². The molecule has 1 aromatic carbocycles. The first-order valence-corrected chi connectivity index (χ1v) is 9.52. The van der Waals surface area contributed by atoms with Gasteiger partial charge in [0.1, 0.15) is 12.4 Å². The molecule has 0 atom stereocenters. The Morgan fingerprint density at radius 3 is 2.64 bits per heavy atom. The molecule has 0 bridgehead atoms. The van der Waals surface area contributed by atoms with Gasteiger partial charge in [-0.05, 0) is 50.5 Å². The molecule has 1 aromatic heterocycles. The number of aromatic nitrogens is 2. The fraction of sp³-hybridized carbons (Fsp3) is 0.550. The summed E-state index contributed by atoms with van der Waals surface area (Å²) in [4.78, 5) is 18.6. The van der Waals surface area contributed by atoms with E-state index in [1.54, 1.807) is 19.2 Å². The van der Waals surface area contributed by atoms with Gasteiger partial charge in [-0.15, -0.1) is 0 Å². The molecule has 2 heterocycles. The number of ether oxygens (including phenoxy) is 2. The van der Waals surface area contributed by atoms with E-state index in [0.717, 1.165) is 19.3 Å². The number of carbonyl (C=O) groups is 1. The van der Waals surface area contributed by atoms with Crippen molar-refractivity contribution in [3.8, 4) is 11.5 Å². The second-order valence-corrected chi connectivity index (χ2v) is 6.97. The number of carbonyl (C=O) groups excluding carboxylic acids is 1. The van der Waals surface area contributed by atoms with Crippen molar-refractivity contribution in [2.45, 2.75) is 31.6 Å². The summed E-state index contributed by atoms with van der Waals surface area (Å²) in [5.74, 6) is 0.661. The third kappa shape index (κ3) is 4.56. The molecule has 1 aliphatic rings. The van der Waals surface area contributed by atoms with Gasteiger partial charge in [0.2, 0.25) is 5.91 Å². The molecule has 0 N–H and O–H groups in total. The molecular weight excluding hydrogens is 365 g/mol. The van der Waals surface area contributed by atoms with Gasteiger partial charge in [-0.2, -0.15) is 4.98 Å². The van der Waals surface area contributed by atoms with Crippen molar-refractivity contribution < 1.29 is 23.2 Å². The van der Waals surface area contributed by atoms with Crippen molar-refractivity contribution in [3.63, 3.8) is 0 Å². The molecule has 3 rings (SSSR count). The monoisotopic (exact) mass is 391 g/mol. The fourth-order valence-corrected chi connectivity index (χ4v) is 3.50. The zero-order valence-electron chi connectivity index (χ0n) is 16.3. The number of amides is 1. The summed E-state index contributed by atoms with van der Waals surface area (Å²) in [6.45, 7) is 4.28. The minimum atomic E-state index is -0.319. The van der Waals surface area contributed by atoms with E-state index in [1.807, 2.05) is 11.8 Å². The van der Waals surface area contributed by atoms with Gasteiger partial charge in [-0.25, -0.2) is 4.39 Å². The molecular formula is C20H26FN3O4. The van der Waals surface area contributed by atoms with Crippen LogP contribution in [-0.2, 0) is 19.7 Å². The first-order chi connectivity index (χ1) is 13.6. The maximum atomic E-state index is 13.2. The SMILES string of the molecule is CCOCC(=O)N1CCC(CCOC)(c2noc(-c3ccc(F)cc3)n2)CC1. The van der Waals surface area contributed by atoms with Gasteiger partial charge < -0.3 is 18.9 Å². The molecule has 1 fully saturated rings. The van der Waals surface area contributed by atoms with Gasteiger partial charge in [0.05, 0.1) is 0 Å². The molecule has 0 radical (unpaired) electrons. The van der Waals surface area contributed by atoms with Crippen molar-refractivity contribution in [3.05, 3.63) is 35.9 Å². The summed E-state index contributed by atoms with van der Waals surface area (Å²) in [7, 11) is 1.66. The molecule has 2 aromatic rings. The second-order valence-electron chi connectivity index (χ2n) is 6.97. The number of methoxy groups -OCH3 is 1. The van der Waals surface area contributed by atoms with Gasteiger partial charge in [0.25, 0.3) is 5.89 Å². The van der Waals surface area contributed by atoms with Crippen LogP contribution >= 0.6 is 0 Å². The Bertz CT molecular complexity index is 770. The third-order valence-corrected chi connectivity index (χ3v) is 5.28. The highest BCUT2D eigenvalue weighted by molar-refractivity contribution is 5.77. The van der Waals surface area contributed by atoms with Crippen LogP contribution in [0.15, 0.2) is 28.8 Å². The average Bonchev–Trinajstić information content (AvgIpc) is 3.22. The molecule has 7 nitrogen and oxygen atoms in total. The van der Waals surface area contributed by atoms with Gasteiger partial charge in [-0.3, -0.25) is 4.79 Å². The number of nitrogens with zero attached hydrogens (tertiary/aromatic N) is 3. The predicted octanol–water partition coefficient (Wildman–Crippen LogP) is 2.81. The van der Waals surface area contributed by atoms with E-state index in [4.69, 9.17) is 14.0 Å². The summed E-state index contributed by atoms with van der Waals surface area (Å²) < 4.78 is 29.1. The molecule has 1 aliphatic heterocycles. The first kappa shape index (κ1) is 20.4. The van der Waals surface area contributed by atoms with Crippen molar-refractivity contribution in [1.82, 2.24) is 15.0 Å². The molecule has 1 amide bonds. The van der Waals surface area contributed by atoms with Crippen molar-refractivity contribution in [1.29, 1.82) is 0 Å². The zero-order valence-corrected chi connectivity index (χ0v) is 16.3. The smallest absolute Gasteiger partial charge is 0.257 e. The number of rotatable bonds is 8. The molecule has 0 spiro atoms. The summed E-state index contributed by atoms with van der Waals surface area (Å²) in [6.07, 6.45) is 2.17. The largest absolute Gasteiger partial charge is 0.385 e. The molecule has 0 saturated carbocycles. The average molecular weight is 391 g/mol. The van der Waals surface area contributed by atoms with E-state index in [1.165, 1.54) is 12.1 Å². The van der Waals surface area contributed by atoms with Crippen molar-refractivity contribution in [2.75, 3.05) is 40.0 Å². The maximum Gasteiger partial charge on any atom is 0.257 e. The van der Waals surface area contributed by atoms with Gasteiger partial charge in [-0.1, -0.05) is 5.16 Å². The van der Waals surface area contributed by atoms with Crippen LogP contribution in [0.5, 0.6) is 0 Å². The predicted molar refractivity (Wildman–Crippen MR) is 100 cm³/mol. The normalized spacial score (nSPS) is 16.3. The number of hydrogen-bond donors (Lipinski definition) is 0. The minimum absolute atomic E-state index is 0.00213. The topological polar surface area (TPSA) is 77.7 Å². The van der Waals surface area contributed by atoms with Gasteiger partial charge >= 0.3 is 0 Å². The molecule has 28 heavy (non-hydrogen) atoms. The second kappa shape index (κ2) is 9.25. The lowest BCUT2D eigenvalue weighted by Gasteiger charge is -2.39. The van der Waals surface area contributed by atoms with Crippen LogP contribution in [-0.4, -0.2) is 61.0 Å². The number of likely N-dealkylation sites (tertiary alicyclic amines) is 1. The highest BCUT2D eigenvalue weighted by Crippen LogP contribution is 2.38. The van der Waals surface area contributed by atoms with Crippen LogP contribution in [0.2, 0.25) is 0 Å². The quantitative estimate of drug-likeness (QED) is 0.689. The standard InChI is InChI=1S/C20H26FN3O4/c1-3-27-14-17(25)24-11-8-20(9-12-24,10-13-26-2)19-22-18(28-23-19)15-4-6-16(21)7-5-15/h4-7H,3,8-14H2,1-2H3. The fourth-order valence-electron chi connectivity index (χ4n) is 3.50. The number of hydrogen-bond acceptors (Lipinski definition) is 6. The highest BCUT2D eigenvalue weighted by atomic mass is 19.1. The van der Waals surface area contributed by atoms with Crippen molar-refractivity contribution in [2.24, 2.45) is 0 Å². The van der Waals surface area contributed by atoms with E-state index in [9.17, 15) is 9.18 Å². The minimum Gasteiger partial charge on any atom is -0.385 e. The lowest BCUT2D eigenvalue weighted by Crippen LogP contribution is -2.47. The lowest BCUT2D eigenvalue weighted by molar-refractivity contribution is -0.137. The Kier molecular flexibility index (Phi) is 6.74. The highest BCUT2D eigenvalue weighted by Gasteiger charge is 2.41. The Hall–Kier alpha value is -2.32. The van der Waals surface area contributed by atoms with Crippen LogP contribution in [0, 0.1) is 5.82 Å². The maximum absolute atomic E-state index is 13.2. The third-order valence-electron chi connectivity index (χ3n) is 5.28. The number of benzene rings is 1.